The monoisotopic (exact) mass is 259 g/mol. The second-order valence-electron chi connectivity index (χ2n) is 4.66. The molecule has 0 unspecified atom stereocenters. The molecular weight excluding hydrogens is 238 g/mol. The molecular formula is C15H21N3O. The van der Waals surface area contributed by atoms with Gasteiger partial charge in [0.15, 0.2) is 0 Å². The summed E-state index contributed by atoms with van der Waals surface area (Å²) in [6, 6.07) is 8.00. The van der Waals surface area contributed by atoms with Gasteiger partial charge in [-0.3, -0.25) is 0 Å². The first kappa shape index (κ1) is 13.8. The molecule has 102 valence electrons. The summed E-state index contributed by atoms with van der Waals surface area (Å²) < 4.78 is 2.18. The third-order valence-corrected chi connectivity index (χ3v) is 3.07. The molecule has 0 aliphatic heterocycles. The van der Waals surface area contributed by atoms with Crippen LogP contribution in [-0.4, -0.2) is 14.7 Å². The topological polar surface area (TPSA) is 50.1 Å². The number of imidazole rings is 1. The van der Waals surface area contributed by atoms with Gasteiger partial charge in [-0.2, -0.15) is 0 Å². The van der Waals surface area contributed by atoms with E-state index in [9.17, 15) is 0 Å². The normalized spacial score (nSPS) is 10.8. The van der Waals surface area contributed by atoms with Crippen LogP contribution >= 0.6 is 0 Å². The number of nitrogens with one attached hydrogen (secondary N) is 1. The summed E-state index contributed by atoms with van der Waals surface area (Å²) >= 11 is 0. The molecule has 0 amide bonds. The molecule has 2 aromatic rings. The van der Waals surface area contributed by atoms with E-state index in [1.165, 1.54) is 11.3 Å². The molecule has 2 N–H and O–H groups in total. The van der Waals surface area contributed by atoms with Crippen LogP contribution in [0, 0.1) is 0 Å². The van der Waals surface area contributed by atoms with Gasteiger partial charge in [-0.15, -0.1) is 0 Å². The Kier molecular flexibility index (Phi) is 5.12. The first-order valence-electron chi connectivity index (χ1n) is 6.72. The molecule has 19 heavy (non-hydrogen) atoms. The summed E-state index contributed by atoms with van der Waals surface area (Å²) in [5.74, 6) is 0. The highest BCUT2D eigenvalue weighted by Crippen LogP contribution is 2.06. The fraction of sp³-hybridized carbons (Fsp3) is 0.400. The van der Waals surface area contributed by atoms with Crippen molar-refractivity contribution < 1.29 is 5.11 Å². The number of aryl methyl sites for hydroxylation is 1. The molecule has 1 aromatic carbocycles. The molecule has 0 atom stereocenters. The Hall–Kier alpha value is -1.65. The van der Waals surface area contributed by atoms with Crippen LogP contribution in [0.5, 0.6) is 0 Å². The molecule has 0 spiro atoms. The smallest absolute Gasteiger partial charge is 0.0948 e. The number of hydrogen-bond acceptors (Lipinski definition) is 3. The van der Waals surface area contributed by atoms with Gasteiger partial charge in [0.1, 0.15) is 0 Å². The van der Waals surface area contributed by atoms with Crippen molar-refractivity contribution in [3.05, 3.63) is 53.6 Å². The van der Waals surface area contributed by atoms with Crippen molar-refractivity contribution in [3.63, 3.8) is 0 Å². The van der Waals surface area contributed by atoms with E-state index >= 15 is 0 Å². The van der Waals surface area contributed by atoms with E-state index in [1.54, 1.807) is 0 Å². The Labute approximate surface area is 114 Å². The molecule has 0 fully saturated rings. The van der Waals surface area contributed by atoms with Crippen LogP contribution in [-0.2, 0) is 26.2 Å². The number of aliphatic hydroxyl groups is 1. The van der Waals surface area contributed by atoms with Crippen LogP contribution < -0.4 is 5.32 Å². The van der Waals surface area contributed by atoms with Crippen molar-refractivity contribution in [3.8, 4) is 0 Å². The van der Waals surface area contributed by atoms with E-state index in [4.69, 9.17) is 5.11 Å². The number of hydrogen-bond donors (Lipinski definition) is 2. The average molecular weight is 259 g/mol. The zero-order chi connectivity index (χ0) is 13.5. The van der Waals surface area contributed by atoms with Gasteiger partial charge in [0.05, 0.1) is 18.6 Å². The standard InChI is InChI=1S/C15H21N3O/c1-2-6-18-12-17-10-15(18)9-16-8-13-4-3-5-14(7-13)11-19/h3-5,7,10,12,16,19H,2,6,8-9,11H2,1H3. The van der Waals surface area contributed by atoms with Crippen molar-refractivity contribution in [1.29, 1.82) is 0 Å². The molecule has 1 aromatic heterocycles. The Bertz CT molecular complexity index is 508. The summed E-state index contributed by atoms with van der Waals surface area (Å²) in [5, 5.41) is 12.5. The van der Waals surface area contributed by atoms with Crippen LogP contribution in [0.4, 0.5) is 0 Å². The van der Waals surface area contributed by atoms with E-state index in [0.29, 0.717) is 0 Å². The van der Waals surface area contributed by atoms with Gasteiger partial charge >= 0.3 is 0 Å². The summed E-state index contributed by atoms with van der Waals surface area (Å²) in [5.41, 5.74) is 3.35. The van der Waals surface area contributed by atoms with E-state index in [1.807, 2.05) is 30.7 Å². The summed E-state index contributed by atoms with van der Waals surface area (Å²) in [4.78, 5) is 4.18. The quantitative estimate of drug-likeness (QED) is 0.800. The highest BCUT2D eigenvalue weighted by atomic mass is 16.3. The van der Waals surface area contributed by atoms with Crippen molar-refractivity contribution >= 4 is 0 Å². The SMILES string of the molecule is CCCn1cncc1CNCc1cccc(CO)c1. The highest BCUT2D eigenvalue weighted by Gasteiger charge is 2.01. The largest absolute Gasteiger partial charge is 0.392 e. The maximum atomic E-state index is 9.10. The summed E-state index contributed by atoms with van der Waals surface area (Å²) in [7, 11) is 0. The van der Waals surface area contributed by atoms with E-state index < -0.39 is 0 Å². The first-order valence-corrected chi connectivity index (χ1v) is 6.72. The third kappa shape index (κ3) is 3.91. The Morgan fingerprint density at radius 3 is 2.89 bits per heavy atom. The Morgan fingerprint density at radius 1 is 1.26 bits per heavy atom. The van der Waals surface area contributed by atoms with Crippen molar-refractivity contribution in [2.24, 2.45) is 0 Å². The first-order chi connectivity index (χ1) is 9.33. The molecule has 0 radical (unpaired) electrons. The fourth-order valence-corrected chi connectivity index (χ4v) is 2.11. The lowest BCUT2D eigenvalue weighted by Crippen LogP contribution is -2.15. The second kappa shape index (κ2) is 7.07. The molecule has 1 heterocycles. The molecule has 0 saturated carbocycles. The van der Waals surface area contributed by atoms with Crippen LogP contribution in [0.3, 0.4) is 0 Å². The van der Waals surface area contributed by atoms with Crippen molar-refractivity contribution in [2.45, 2.75) is 39.6 Å². The molecule has 0 aliphatic rings. The van der Waals surface area contributed by atoms with Crippen molar-refractivity contribution in [1.82, 2.24) is 14.9 Å². The average Bonchev–Trinajstić information content (AvgIpc) is 2.87. The number of nitrogens with zero attached hydrogens (tertiary/aromatic N) is 2. The minimum atomic E-state index is 0.0944. The predicted molar refractivity (Wildman–Crippen MR) is 75.4 cm³/mol. The molecule has 4 heteroatoms. The minimum Gasteiger partial charge on any atom is -0.392 e. The number of rotatable bonds is 7. The number of aromatic nitrogens is 2. The number of aliphatic hydroxyl groups excluding tert-OH is 1. The maximum Gasteiger partial charge on any atom is 0.0948 e. The zero-order valence-electron chi connectivity index (χ0n) is 11.3. The predicted octanol–water partition coefficient (Wildman–Crippen LogP) is 2.08. The van der Waals surface area contributed by atoms with E-state index in [-0.39, 0.29) is 6.61 Å². The summed E-state index contributed by atoms with van der Waals surface area (Å²) in [6.45, 7) is 4.88. The van der Waals surface area contributed by atoms with Crippen LogP contribution in [0.1, 0.15) is 30.2 Å². The molecule has 0 saturated heterocycles. The minimum absolute atomic E-state index is 0.0944. The molecule has 0 bridgehead atoms. The van der Waals surface area contributed by atoms with Gasteiger partial charge in [0, 0.05) is 25.8 Å². The van der Waals surface area contributed by atoms with E-state index in [2.05, 4.69) is 27.9 Å². The van der Waals surface area contributed by atoms with Crippen molar-refractivity contribution in [2.75, 3.05) is 0 Å². The van der Waals surface area contributed by atoms with Gasteiger partial charge in [-0.05, 0) is 17.5 Å². The lowest BCUT2D eigenvalue weighted by atomic mass is 10.1. The van der Waals surface area contributed by atoms with Crippen LogP contribution in [0.15, 0.2) is 36.8 Å². The third-order valence-electron chi connectivity index (χ3n) is 3.07. The van der Waals surface area contributed by atoms with Crippen LogP contribution in [0.25, 0.3) is 0 Å². The molecule has 4 nitrogen and oxygen atoms in total. The van der Waals surface area contributed by atoms with Crippen LogP contribution in [0.2, 0.25) is 0 Å². The molecule has 0 aliphatic carbocycles. The lowest BCUT2D eigenvalue weighted by Gasteiger charge is -2.08. The van der Waals surface area contributed by atoms with E-state index in [0.717, 1.165) is 31.6 Å². The summed E-state index contributed by atoms with van der Waals surface area (Å²) in [6.07, 6.45) is 4.90. The van der Waals surface area contributed by atoms with Gasteiger partial charge < -0.3 is 15.0 Å². The van der Waals surface area contributed by atoms with Gasteiger partial charge in [0.25, 0.3) is 0 Å². The fourth-order valence-electron chi connectivity index (χ4n) is 2.11. The highest BCUT2D eigenvalue weighted by molar-refractivity contribution is 5.22. The van der Waals surface area contributed by atoms with Gasteiger partial charge in [0.2, 0.25) is 0 Å². The van der Waals surface area contributed by atoms with Gasteiger partial charge in [-0.25, -0.2) is 4.98 Å². The zero-order valence-corrected chi connectivity index (χ0v) is 11.3. The van der Waals surface area contributed by atoms with Gasteiger partial charge in [-0.1, -0.05) is 31.2 Å². The Morgan fingerprint density at radius 2 is 2.11 bits per heavy atom. The Balaban J connectivity index is 1.87. The molecule has 2 rings (SSSR count). The maximum absolute atomic E-state index is 9.10. The second-order valence-corrected chi connectivity index (χ2v) is 4.66. The number of benzene rings is 1. The lowest BCUT2D eigenvalue weighted by molar-refractivity contribution is 0.281.